The van der Waals surface area contributed by atoms with Crippen LogP contribution in [0.4, 0.5) is 4.39 Å². The van der Waals surface area contributed by atoms with Crippen molar-refractivity contribution in [2.24, 2.45) is 4.99 Å². The van der Waals surface area contributed by atoms with Crippen LogP contribution < -0.4 is 15.4 Å². The average molecular weight is 546 g/mol. The molecule has 0 amide bonds. The first-order chi connectivity index (χ1) is 14.0. The van der Waals surface area contributed by atoms with Gasteiger partial charge in [-0.05, 0) is 43.5 Å². The first kappa shape index (κ1) is 24.5. The first-order valence-corrected chi connectivity index (χ1v) is 11.3. The molecular weight excluding hydrogens is 518 g/mol. The second-order valence-corrected chi connectivity index (χ2v) is 8.86. The van der Waals surface area contributed by atoms with Crippen molar-refractivity contribution in [1.29, 1.82) is 0 Å². The Morgan fingerprint density at radius 3 is 2.33 bits per heavy atom. The van der Waals surface area contributed by atoms with Crippen molar-refractivity contribution in [3.05, 3.63) is 66.0 Å². The summed E-state index contributed by atoms with van der Waals surface area (Å²) in [4.78, 5) is 4.84. The normalized spacial score (nSPS) is 15.2. The molecule has 2 aromatic carbocycles. The van der Waals surface area contributed by atoms with Crippen LogP contribution in [0.1, 0.15) is 25.3 Å². The van der Waals surface area contributed by atoms with Crippen LogP contribution in [0, 0.1) is 5.82 Å². The summed E-state index contributed by atoms with van der Waals surface area (Å²) >= 11 is 0. The molecule has 2 aromatic rings. The van der Waals surface area contributed by atoms with Gasteiger partial charge in [0.25, 0.3) is 0 Å². The monoisotopic (exact) mass is 546 g/mol. The Morgan fingerprint density at radius 1 is 1.03 bits per heavy atom. The van der Waals surface area contributed by atoms with Crippen LogP contribution in [0.5, 0.6) is 0 Å². The van der Waals surface area contributed by atoms with Crippen molar-refractivity contribution in [2.45, 2.75) is 30.1 Å². The molecule has 30 heavy (non-hydrogen) atoms. The summed E-state index contributed by atoms with van der Waals surface area (Å²) in [7, 11) is -3.53. The van der Waals surface area contributed by atoms with Gasteiger partial charge in [-0.3, -0.25) is 4.99 Å². The minimum atomic E-state index is -3.53. The number of nitrogens with zero attached hydrogens (tertiary/aromatic N) is 1. The molecule has 0 aliphatic heterocycles. The summed E-state index contributed by atoms with van der Waals surface area (Å²) in [6.07, 6.45) is 1.82. The number of sulfonamides is 1. The quantitative estimate of drug-likeness (QED) is 0.196. The van der Waals surface area contributed by atoms with Crippen molar-refractivity contribution in [3.8, 4) is 0 Å². The molecule has 0 bridgehead atoms. The number of hydrogen-bond acceptors (Lipinski definition) is 3. The average Bonchev–Trinajstić information content (AvgIpc) is 3.51. The van der Waals surface area contributed by atoms with E-state index >= 15 is 0 Å². The van der Waals surface area contributed by atoms with E-state index in [0.717, 1.165) is 18.4 Å². The fourth-order valence-corrected chi connectivity index (χ4v) is 4.23. The summed E-state index contributed by atoms with van der Waals surface area (Å²) in [5, 5.41) is 6.28. The summed E-state index contributed by atoms with van der Waals surface area (Å²) in [6.45, 7) is 3.72. The Morgan fingerprint density at radius 2 is 1.70 bits per heavy atom. The molecule has 1 aliphatic rings. The third-order valence-corrected chi connectivity index (χ3v) is 6.42. The molecule has 164 valence electrons. The number of rotatable bonds is 9. The number of benzene rings is 2. The predicted octanol–water partition coefficient (Wildman–Crippen LogP) is 3.01. The maximum atomic E-state index is 14.2. The van der Waals surface area contributed by atoms with E-state index < -0.39 is 10.0 Å². The highest BCUT2D eigenvalue weighted by Crippen LogP contribution is 2.49. The SMILES string of the molecule is CCNC(=NCC1(c2ccccc2F)CC1)NCCNS(=O)(=O)c1ccccc1.I. The van der Waals surface area contributed by atoms with E-state index in [1.165, 1.54) is 6.07 Å². The molecule has 0 aromatic heterocycles. The van der Waals surface area contributed by atoms with Gasteiger partial charge in [-0.25, -0.2) is 17.5 Å². The van der Waals surface area contributed by atoms with Gasteiger partial charge in [0.05, 0.1) is 11.4 Å². The van der Waals surface area contributed by atoms with Crippen molar-refractivity contribution >= 4 is 40.0 Å². The Hall–Kier alpha value is -1.72. The summed E-state index contributed by atoms with van der Waals surface area (Å²) < 4.78 is 41.2. The highest BCUT2D eigenvalue weighted by atomic mass is 127. The van der Waals surface area contributed by atoms with Gasteiger partial charge in [-0.1, -0.05) is 36.4 Å². The summed E-state index contributed by atoms with van der Waals surface area (Å²) in [5.74, 6) is 0.405. The van der Waals surface area contributed by atoms with Crippen molar-refractivity contribution in [3.63, 3.8) is 0 Å². The zero-order valence-corrected chi connectivity index (χ0v) is 20.0. The van der Waals surface area contributed by atoms with Crippen LogP contribution in [0.25, 0.3) is 0 Å². The molecule has 0 unspecified atom stereocenters. The van der Waals surface area contributed by atoms with Crippen LogP contribution in [0.2, 0.25) is 0 Å². The predicted molar refractivity (Wildman–Crippen MR) is 128 cm³/mol. The molecular formula is C21H28FIN4O2S. The third-order valence-electron chi connectivity index (χ3n) is 4.95. The van der Waals surface area contributed by atoms with E-state index in [2.05, 4.69) is 20.3 Å². The molecule has 9 heteroatoms. The van der Waals surface area contributed by atoms with Crippen molar-refractivity contribution in [2.75, 3.05) is 26.2 Å². The molecule has 3 rings (SSSR count). The van der Waals surface area contributed by atoms with Crippen LogP contribution >= 0.6 is 24.0 Å². The zero-order valence-electron chi connectivity index (χ0n) is 16.9. The lowest BCUT2D eigenvalue weighted by Gasteiger charge is -2.16. The molecule has 0 radical (unpaired) electrons. The van der Waals surface area contributed by atoms with Gasteiger partial charge >= 0.3 is 0 Å². The fraction of sp³-hybridized carbons (Fsp3) is 0.381. The molecule has 0 spiro atoms. The summed E-state index contributed by atoms with van der Waals surface area (Å²) in [6, 6.07) is 15.1. The Labute approximate surface area is 194 Å². The van der Waals surface area contributed by atoms with E-state index in [1.54, 1.807) is 36.4 Å². The van der Waals surface area contributed by atoms with Crippen LogP contribution in [0.3, 0.4) is 0 Å². The van der Waals surface area contributed by atoms with E-state index in [9.17, 15) is 12.8 Å². The van der Waals surface area contributed by atoms with E-state index in [4.69, 9.17) is 0 Å². The van der Waals surface area contributed by atoms with Gasteiger partial charge in [0, 0.05) is 25.0 Å². The van der Waals surface area contributed by atoms with Gasteiger partial charge in [0.1, 0.15) is 5.82 Å². The van der Waals surface area contributed by atoms with Crippen LogP contribution in [-0.2, 0) is 15.4 Å². The Bertz CT molecular complexity index is 950. The minimum absolute atomic E-state index is 0. The Kier molecular flexibility index (Phi) is 9.05. The molecule has 3 N–H and O–H groups in total. The second-order valence-electron chi connectivity index (χ2n) is 7.09. The lowest BCUT2D eigenvalue weighted by molar-refractivity contribution is 0.572. The molecule has 0 atom stereocenters. The zero-order chi connectivity index (χ0) is 20.7. The van der Waals surface area contributed by atoms with Gasteiger partial charge < -0.3 is 10.6 Å². The van der Waals surface area contributed by atoms with Gasteiger partial charge in [-0.15, -0.1) is 24.0 Å². The minimum Gasteiger partial charge on any atom is -0.357 e. The second kappa shape index (κ2) is 11.1. The Balaban J connectivity index is 0.00000320. The van der Waals surface area contributed by atoms with Crippen LogP contribution in [-0.4, -0.2) is 40.6 Å². The van der Waals surface area contributed by atoms with Gasteiger partial charge in [0.2, 0.25) is 10.0 Å². The standard InChI is InChI=1S/C21H27FN4O2S.HI/c1-2-23-20(24-14-15-26-29(27,28)17-8-4-3-5-9-17)25-16-21(12-13-21)18-10-6-7-11-19(18)22;/h3-11,26H,2,12-16H2,1H3,(H2,23,24,25);1H. The number of guanidine groups is 1. The number of nitrogens with one attached hydrogen (secondary N) is 3. The topological polar surface area (TPSA) is 82.6 Å². The van der Waals surface area contributed by atoms with Crippen molar-refractivity contribution in [1.82, 2.24) is 15.4 Å². The molecule has 0 heterocycles. The molecule has 1 saturated carbocycles. The van der Waals surface area contributed by atoms with E-state index in [-0.39, 0.29) is 46.6 Å². The fourth-order valence-electron chi connectivity index (χ4n) is 3.18. The van der Waals surface area contributed by atoms with E-state index in [1.807, 2.05) is 19.1 Å². The van der Waals surface area contributed by atoms with Gasteiger partial charge in [-0.2, -0.15) is 0 Å². The highest BCUT2D eigenvalue weighted by Gasteiger charge is 2.45. The number of halogens is 2. The van der Waals surface area contributed by atoms with E-state index in [0.29, 0.717) is 25.6 Å². The molecule has 1 aliphatic carbocycles. The molecule has 6 nitrogen and oxygen atoms in total. The third kappa shape index (κ3) is 6.39. The van der Waals surface area contributed by atoms with Crippen molar-refractivity contribution < 1.29 is 12.8 Å². The summed E-state index contributed by atoms with van der Waals surface area (Å²) in [5.41, 5.74) is 0.484. The maximum Gasteiger partial charge on any atom is 0.240 e. The number of hydrogen-bond donors (Lipinski definition) is 3. The smallest absolute Gasteiger partial charge is 0.240 e. The lowest BCUT2D eigenvalue weighted by Crippen LogP contribution is -2.42. The molecule has 1 fully saturated rings. The van der Waals surface area contributed by atoms with Crippen LogP contribution in [0.15, 0.2) is 64.5 Å². The van der Waals surface area contributed by atoms with Gasteiger partial charge in [0.15, 0.2) is 5.96 Å². The largest absolute Gasteiger partial charge is 0.357 e. The number of aliphatic imine (C=N–C) groups is 1. The first-order valence-electron chi connectivity index (χ1n) is 9.79. The maximum absolute atomic E-state index is 14.2. The molecule has 0 saturated heterocycles. The lowest BCUT2D eigenvalue weighted by atomic mass is 9.95. The highest BCUT2D eigenvalue weighted by molar-refractivity contribution is 14.0.